The summed E-state index contributed by atoms with van der Waals surface area (Å²) in [7, 11) is 0. The number of hydrogen-bond acceptors (Lipinski definition) is 5. The van der Waals surface area contributed by atoms with Crippen LogP contribution in [-0.4, -0.2) is 22.4 Å². The molecule has 0 radical (unpaired) electrons. The van der Waals surface area contributed by atoms with E-state index in [0.29, 0.717) is 36.4 Å². The molecule has 1 aliphatic heterocycles. The quantitative estimate of drug-likeness (QED) is 0.758. The molecule has 3 N–H and O–H groups in total. The van der Waals surface area contributed by atoms with Gasteiger partial charge in [-0.1, -0.05) is 26.0 Å². The molecule has 0 fully saturated rings. The number of fused-ring (bicyclic) bond motifs is 1. The van der Waals surface area contributed by atoms with E-state index in [1.165, 1.54) is 0 Å². The number of anilines is 1. The molecule has 146 valence electrons. The second kappa shape index (κ2) is 6.51. The predicted octanol–water partition coefficient (Wildman–Crippen LogP) is 2.66. The number of ether oxygens (including phenoxy) is 1. The lowest BCUT2D eigenvalue weighted by molar-refractivity contribution is -0.118. The fourth-order valence-electron chi connectivity index (χ4n) is 4.20. The molecule has 0 spiro atoms. The van der Waals surface area contributed by atoms with Crippen LogP contribution in [0.5, 0.6) is 5.75 Å². The third-order valence-corrected chi connectivity index (χ3v) is 5.28. The molecule has 0 saturated heterocycles. The average Bonchev–Trinajstić information content (AvgIpc) is 2.59. The number of rotatable bonds is 3. The molecule has 28 heavy (non-hydrogen) atoms. The molecule has 4 rings (SSSR count). The summed E-state index contributed by atoms with van der Waals surface area (Å²) in [4.78, 5) is 42.5. The summed E-state index contributed by atoms with van der Waals surface area (Å²) in [6, 6.07) is 7.40. The molecule has 1 aromatic carbocycles. The molecule has 1 atom stereocenters. The Hall–Kier alpha value is -3.09. The van der Waals surface area contributed by atoms with E-state index >= 15 is 0 Å². The number of benzene rings is 1. The van der Waals surface area contributed by atoms with Gasteiger partial charge in [0.25, 0.3) is 5.56 Å². The molecule has 7 nitrogen and oxygen atoms in total. The number of Topliss-reactive ketones (excluding diaryl/α,β-unsaturated/α-hetero) is 1. The average molecular weight is 381 g/mol. The number of aromatic amines is 2. The maximum absolute atomic E-state index is 13.1. The lowest BCUT2D eigenvalue weighted by Crippen LogP contribution is -2.38. The van der Waals surface area contributed by atoms with Crippen LogP contribution in [-0.2, 0) is 4.79 Å². The van der Waals surface area contributed by atoms with Crippen LogP contribution in [0.15, 0.2) is 45.1 Å². The van der Waals surface area contributed by atoms with E-state index < -0.39 is 17.2 Å². The van der Waals surface area contributed by atoms with E-state index in [9.17, 15) is 14.4 Å². The molecule has 7 heteroatoms. The van der Waals surface area contributed by atoms with Gasteiger partial charge in [0.15, 0.2) is 5.78 Å². The third kappa shape index (κ3) is 3.06. The highest BCUT2D eigenvalue weighted by Crippen LogP contribution is 2.47. The first kappa shape index (κ1) is 18.3. The van der Waals surface area contributed by atoms with E-state index in [0.717, 1.165) is 17.0 Å². The van der Waals surface area contributed by atoms with Crippen LogP contribution >= 0.6 is 0 Å². The highest BCUT2D eigenvalue weighted by molar-refractivity contribution is 6.01. The van der Waals surface area contributed by atoms with Crippen LogP contribution in [0.2, 0.25) is 0 Å². The van der Waals surface area contributed by atoms with Crippen LogP contribution in [0, 0.1) is 5.41 Å². The van der Waals surface area contributed by atoms with E-state index in [4.69, 9.17) is 4.74 Å². The summed E-state index contributed by atoms with van der Waals surface area (Å²) in [5.74, 6) is 0.568. The first-order chi connectivity index (χ1) is 13.3. The minimum absolute atomic E-state index is 0.0221. The molecule has 1 aliphatic carbocycles. The van der Waals surface area contributed by atoms with Gasteiger partial charge < -0.3 is 10.1 Å². The zero-order valence-corrected chi connectivity index (χ0v) is 16.1. The number of aromatic nitrogens is 2. The Morgan fingerprint density at radius 2 is 1.79 bits per heavy atom. The standard InChI is InChI=1S/C21H23N3O4/c1-4-28-12-7-5-11(6-8-12)15-16-13(9-21(2,3)10-14(16)25)22-18-17(15)19(26)24-20(27)23-18/h5-8,15H,4,9-10H2,1-3H3,(H3,22,23,24,26,27). The number of carbonyl (C=O) groups is 1. The lowest BCUT2D eigenvalue weighted by Gasteiger charge is -2.38. The van der Waals surface area contributed by atoms with Crippen molar-refractivity contribution in [2.24, 2.45) is 5.41 Å². The second-order valence-electron chi connectivity index (χ2n) is 8.09. The van der Waals surface area contributed by atoms with Gasteiger partial charge in [-0.05, 0) is 36.5 Å². The summed E-state index contributed by atoms with van der Waals surface area (Å²) in [5.41, 5.74) is 1.29. The minimum atomic E-state index is -0.577. The molecular formula is C21H23N3O4. The lowest BCUT2D eigenvalue weighted by atomic mass is 9.69. The molecular weight excluding hydrogens is 358 g/mol. The van der Waals surface area contributed by atoms with Gasteiger partial charge >= 0.3 is 5.69 Å². The maximum atomic E-state index is 13.1. The Balaban J connectivity index is 1.93. The molecule has 2 aromatic rings. The highest BCUT2D eigenvalue weighted by Gasteiger charge is 2.42. The Morgan fingerprint density at radius 1 is 1.07 bits per heavy atom. The van der Waals surface area contributed by atoms with Gasteiger partial charge in [-0.15, -0.1) is 0 Å². The van der Waals surface area contributed by atoms with Crippen LogP contribution in [0.1, 0.15) is 50.7 Å². The first-order valence-electron chi connectivity index (χ1n) is 9.41. The number of ketones is 1. The molecule has 2 heterocycles. The maximum Gasteiger partial charge on any atom is 0.327 e. The Bertz CT molecular complexity index is 1090. The summed E-state index contributed by atoms with van der Waals surface area (Å²) in [5, 5.41) is 3.16. The Labute approximate surface area is 161 Å². The van der Waals surface area contributed by atoms with E-state index in [-0.39, 0.29) is 11.2 Å². The third-order valence-electron chi connectivity index (χ3n) is 5.28. The second-order valence-corrected chi connectivity index (χ2v) is 8.09. The van der Waals surface area contributed by atoms with Gasteiger partial charge in [0.1, 0.15) is 11.6 Å². The molecule has 2 aliphatic rings. The van der Waals surface area contributed by atoms with Crippen molar-refractivity contribution in [1.82, 2.24) is 9.97 Å². The van der Waals surface area contributed by atoms with Crippen molar-refractivity contribution < 1.29 is 9.53 Å². The minimum Gasteiger partial charge on any atom is -0.494 e. The molecule has 0 bridgehead atoms. The zero-order chi connectivity index (χ0) is 20.1. The van der Waals surface area contributed by atoms with Crippen molar-refractivity contribution in [2.45, 2.75) is 39.5 Å². The summed E-state index contributed by atoms with van der Waals surface area (Å²) in [6.45, 7) is 6.54. The first-order valence-corrected chi connectivity index (χ1v) is 9.41. The van der Waals surface area contributed by atoms with Gasteiger partial charge in [0, 0.05) is 23.6 Å². The van der Waals surface area contributed by atoms with Crippen LogP contribution in [0.4, 0.5) is 5.82 Å². The number of hydrogen-bond donors (Lipinski definition) is 3. The van der Waals surface area contributed by atoms with Crippen molar-refractivity contribution in [3.05, 3.63) is 67.5 Å². The highest BCUT2D eigenvalue weighted by atomic mass is 16.5. The van der Waals surface area contributed by atoms with Crippen molar-refractivity contribution in [3.63, 3.8) is 0 Å². The predicted molar refractivity (Wildman–Crippen MR) is 106 cm³/mol. The number of allylic oxidation sites excluding steroid dienone is 2. The smallest absolute Gasteiger partial charge is 0.327 e. The van der Waals surface area contributed by atoms with Crippen molar-refractivity contribution in [2.75, 3.05) is 11.9 Å². The molecule has 0 saturated carbocycles. The van der Waals surface area contributed by atoms with Gasteiger partial charge in [-0.2, -0.15) is 0 Å². The largest absolute Gasteiger partial charge is 0.494 e. The molecule has 0 amide bonds. The van der Waals surface area contributed by atoms with E-state index in [2.05, 4.69) is 15.3 Å². The molecule has 1 aromatic heterocycles. The van der Waals surface area contributed by atoms with Gasteiger partial charge in [-0.25, -0.2) is 4.79 Å². The van der Waals surface area contributed by atoms with E-state index in [1.54, 1.807) is 0 Å². The monoisotopic (exact) mass is 381 g/mol. The SMILES string of the molecule is CCOc1ccc(C2C3=C(CC(C)(C)CC3=O)Nc3[nH]c(=O)[nH]c(=O)c32)cc1. The number of nitrogens with one attached hydrogen (secondary N) is 3. The summed E-state index contributed by atoms with van der Waals surface area (Å²) < 4.78 is 5.51. The van der Waals surface area contributed by atoms with E-state index in [1.807, 2.05) is 45.0 Å². The summed E-state index contributed by atoms with van der Waals surface area (Å²) in [6.07, 6.45) is 1.08. The topological polar surface area (TPSA) is 104 Å². The molecule has 1 unspecified atom stereocenters. The normalized spacial score (nSPS) is 20.2. The zero-order valence-electron chi connectivity index (χ0n) is 16.1. The van der Waals surface area contributed by atoms with Crippen molar-refractivity contribution >= 4 is 11.6 Å². The number of H-pyrrole nitrogens is 2. The van der Waals surface area contributed by atoms with Crippen LogP contribution in [0.3, 0.4) is 0 Å². The fourth-order valence-corrected chi connectivity index (χ4v) is 4.20. The van der Waals surface area contributed by atoms with Gasteiger partial charge in [0.2, 0.25) is 0 Å². The Morgan fingerprint density at radius 3 is 2.46 bits per heavy atom. The summed E-state index contributed by atoms with van der Waals surface area (Å²) >= 11 is 0. The van der Waals surface area contributed by atoms with Crippen molar-refractivity contribution in [3.8, 4) is 5.75 Å². The van der Waals surface area contributed by atoms with Gasteiger partial charge in [0.05, 0.1) is 12.2 Å². The van der Waals surface area contributed by atoms with Crippen LogP contribution < -0.4 is 21.3 Å². The number of carbonyl (C=O) groups excluding carboxylic acids is 1. The Kier molecular flexibility index (Phi) is 4.25. The van der Waals surface area contributed by atoms with Gasteiger partial charge in [-0.3, -0.25) is 19.6 Å². The van der Waals surface area contributed by atoms with Crippen LogP contribution in [0.25, 0.3) is 0 Å². The van der Waals surface area contributed by atoms with Crippen molar-refractivity contribution in [1.29, 1.82) is 0 Å². The fraction of sp³-hybridized carbons (Fsp3) is 0.381.